The fourth-order valence-electron chi connectivity index (χ4n) is 1.99. The third kappa shape index (κ3) is 1.82. The van der Waals surface area contributed by atoms with Crippen LogP contribution < -0.4 is 0 Å². The van der Waals surface area contributed by atoms with Gasteiger partial charge in [-0.05, 0) is 44.2 Å². The summed E-state index contributed by atoms with van der Waals surface area (Å²) in [5.41, 5.74) is 5.85. The first kappa shape index (κ1) is 8.55. The van der Waals surface area contributed by atoms with Gasteiger partial charge in [-0.15, -0.1) is 0 Å². The standard InChI is InChI=1S/C13H16/c1-10-4-3-5-12-9-11(2)6-7-13(12)8-10/h6-9H,3-5H2,1-2H3. The van der Waals surface area contributed by atoms with Gasteiger partial charge in [0.25, 0.3) is 0 Å². The van der Waals surface area contributed by atoms with E-state index < -0.39 is 0 Å². The first-order chi connectivity index (χ1) is 6.25. The molecule has 0 nitrogen and oxygen atoms in total. The highest BCUT2D eigenvalue weighted by atomic mass is 14.1. The topological polar surface area (TPSA) is 0 Å². The maximum atomic E-state index is 2.34. The summed E-state index contributed by atoms with van der Waals surface area (Å²) in [4.78, 5) is 0. The minimum Gasteiger partial charge on any atom is -0.0727 e. The third-order valence-corrected chi connectivity index (χ3v) is 2.72. The molecule has 0 heteroatoms. The second-order valence-electron chi connectivity index (χ2n) is 4.05. The Morgan fingerprint density at radius 3 is 2.77 bits per heavy atom. The summed E-state index contributed by atoms with van der Waals surface area (Å²) in [5.74, 6) is 0. The molecule has 0 bridgehead atoms. The van der Waals surface area contributed by atoms with E-state index in [0.29, 0.717) is 0 Å². The SMILES string of the molecule is CC1=Cc2ccc(C)cc2CCC1. The Labute approximate surface area is 80.3 Å². The van der Waals surface area contributed by atoms with Gasteiger partial charge in [-0.1, -0.05) is 35.4 Å². The Morgan fingerprint density at radius 2 is 1.92 bits per heavy atom. The van der Waals surface area contributed by atoms with Crippen LogP contribution in [-0.2, 0) is 6.42 Å². The number of hydrogen-bond acceptors (Lipinski definition) is 0. The first-order valence-electron chi connectivity index (χ1n) is 5.02. The van der Waals surface area contributed by atoms with Crippen molar-refractivity contribution in [1.29, 1.82) is 0 Å². The van der Waals surface area contributed by atoms with E-state index in [4.69, 9.17) is 0 Å². The highest BCUT2D eigenvalue weighted by molar-refractivity contribution is 5.58. The van der Waals surface area contributed by atoms with Crippen LogP contribution in [0.15, 0.2) is 23.8 Å². The molecule has 0 N–H and O–H groups in total. The van der Waals surface area contributed by atoms with E-state index in [-0.39, 0.29) is 0 Å². The van der Waals surface area contributed by atoms with Crippen LogP contribution in [0.3, 0.4) is 0 Å². The summed E-state index contributed by atoms with van der Waals surface area (Å²) < 4.78 is 0. The molecule has 1 aliphatic rings. The predicted octanol–water partition coefficient (Wildman–Crippen LogP) is 3.73. The molecular formula is C13H16. The lowest BCUT2D eigenvalue weighted by molar-refractivity contribution is 0.823. The number of rotatable bonds is 0. The highest BCUT2D eigenvalue weighted by Gasteiger charge is 2.05. The maximum absolute atomic E-state index is 2.34. The quantitative estimate of drug-likeness (QED) is 0.559. The van der Waals surface area contributed by atoms with E-state index in [1.54, 1.807) is 0 Å². The van der Waals surface area contributed by atoms with Crippen molar-refractivity contribution < 1.29 is 0 Å². The number of benzene rings is 1. The molecule has 0 spiro atoms. The van der Waals surface area contributed by atoms with E-state index in [1.165, 1.54) is 41.5 Å². The van der Waals surface area contributed by atoms with E-state index in [2.05, 4.69) is 38.1 Å². The van der Waals surface area contributed by atoms with Crippen molar-refractivity contribution in [3.63, 3.8) is 0 Å². The average molecular weight is 172 g/mol. The Kier molecular flexibility index (Phi) is 2.22. The number of hydrogen-bond donors (Lipinski definition) is 0. The zero-order valence-corrected chi connectivity index (χ0v) is 8.43. The molecule has 1 aromatic rings. The second-order valence-corrected chi connectivity index (χ2v) is 4.05. The molecule has 0 unspecified atom stereocenters. The molecule has 13 heavy (non-hydrogen) atoms. The van der Waals surface area contributed by atoms with E-state index in [9.17, 15) is 0 Å². The molecule has 1 aromatic carbocycles. The Balaban J connectivity index is 2.48. The normalized spacial score (nSPS) is 16.0. The summed E-state index contributed by atoms with van der Waals surface area (Å²) in [6.45, 7) is 4.40. The van der Waals surface area contributed by atoms with Gasteiger partial charge in [-0.3, -0.25) is 0 Å². The number of allylic oxidation sites excluding steroid dienone is 1. The molecule has 0 aromatic heterocycles. The van der Waals surface area contributed by atoms with Gasteiger partial charge in [-0.2, -0.15) is 0 Å². The molecule has 0 amide bonds. The fraction of sp³-hybridized carbons (Fsp3) is 0.385. The molecule has 2 rings (SSSR count). The van der Waals surface area contributed by atoms with Crippen molar-refractivity contribution in [2.24, 2.45) is 0 Å². The Morgan fingerprint density at radius 1 is 1.08 bits per heavy atom. The lowest BCUT2D eigenvalue weighted by Crippen LogP contribution is -1.88. The van der Waals surface area contributed by atoms with Crippen LogP contribution in [0.5, 0.6) is 0 Å². The van der Waals surface area contributed by atoms with Gasteiger partial charge >= 0.3 is 0 Å². The third-order valence-electron chi connectivity index (χ3n) is 2.72. The van der Waals surface area contributed by atoms with Gasteiger partial charge < -0.3 is 0 Å². The zero-order chi connectivity index (χ0) is 9.26. The van der Waals surface area contributed by atoms with Crippen LogP contribution in [0.4, 0.5) is 0 Å². The Hall–Kier alpha value is -1.04. The zero-order valence-electron chi connectivity index (χ0n) is 8.43. The lowest BCUT2D eigenvalue weighted by Gasteiger charge is -2.03. The summed E-state index contributed by atoms with van der Waals surface area (Å²) in [5, 5.41) is 0. The number of fused-ring (bicyclic) bond motifs is 1. The Bertz CT molecular complexity index is 345. The smallest absolute Gasteiger partial charge is 0.0225 e. The van der Waals surface area contributed by atoms with Crippen LogP contribution in [0.25, 0.3) is 6.08 Å². The molecule has 0 radical (unpaired) electrons. The molecule has 0 atom stereocenters. The molecule has 0 saturated carbocycles. The minimum atomic E-state index is 1.24. The largest absolute Gasteiger partial charge is 0.0727 e. The second kappa shape index (κ2) is 3.37. The molecule has 68 valence electrons. The van der Waals surface area contributed by atoms with Crippen LogP contribution >= 0.6 is 0 Å². The van der Waals surface area contributed by atoms with Gasteiger partial charge in [0.05, 0.1) is 0 Å². The maximum Gasteiger partial charge on any atom is -0.0225 e. The molecular weight excluding hydrogens is 156 g/mol. The average Bonchev–Trinajstić information content (AvgIpc) is 2.25. The van der Waals surface area contributed by atoms with Gasteiger partial charge in [0.15, 0.2) is 0 Å². The van der Waals surface area contributed by atoms with Crippen LogP contribution in [0, 0.1) is 6.92 Å². The van der Waals surface area contributed by atoms with Crippen molar-refractivity contribution >= 4 is 6.08 Å². The van der Waals surface area contributed by atoms with Gasteiger partial charge in [0, 0.05) is 0 Å². The first-order valence-corrected chi connectivity index (χ1v) is 5.02. The molecule has 0 aliphatic heterocycles. The van der Waals surface area contributed by atoms with Crippen molar-refractivity contribution in [3.05, 3.63) is 40.5 Å². The van der Waals surface area contributed by atoms with Gasteiger partial charge in [0.2, 0.25) is 0 Å². The van der Waals surface area contributed by atoms with Crippen molar-refractivity contribution in [3.8, 4) is 0 Å². The van der Waals surface area contributed by atoms with E-state index >= 15 is 0 Å². The molecule has 0 fully saturated rings. The van der Waals surface area contributed by atoms with Crippen molar-refractivity contribution in [2.75, 3.05) is 0 Å². The minimum absolute atomic E-state index is 1.24. The van der Waals surface area contributed by atoms with Crippen molar-refractivity contribution in [2.45, 2.75) is 33.1 Å². The molecule has 1 aliphatic carbocycles. The van der Waals surface area contributed by atoms with Crippen LogP contribution in [0.1, 0.15) is 36.5 Å². The van der Waals surface area contributed by atoms with E-state index in [1.807, 2.05) is 0 Å². The van der Waals surface area contributed by atoms with Crippen molar-refractivity contribution in [1.82, 2.24) is 0 Å². The van der Waals surface area contributed by atoms with Crippen LogP contribution in [-0.4, -0.2) is 0 Å². The molecule has 0 saturated heterocycles. The summed E-state index contributed by atoms with van der Waals surface area (Å²) in [7, 11) is 0. The summed E-state index contributed by atoms with van der Waals surface area (Å²) >= 11 is 0. The predicted molar refractivity (Wildman–Crippen MR) is 57.8 cm³/mol. The fourth-order valence-corrected chi connectivity index (χ4v) is 1.99. The summed E-state index contributed by atoms with van der Waals surface area (Å²) in [6, 6.07) is 6.78. The monoisotopic (exact) mass is 172 g/mol. The van der Waals surface area contributed by atoms with Gasteiger partial charge in [0.1, 0.15) is 0 Å². The van der Waals surface area contributed by atoms with Gasteiger partial charge in [-0.25, -0.2) is 0 Å². The number of aryl methyl sites for hydroxylation is 2. The summed E-state index contributed by atoms with van der Waals surface area (Å²) in [6.07, 6.45) is 6.14. The highest BCUT2D eigenvalue weighted by Crippen LogP contribution is 2.23. The molecule has 0 heterocycles. The lowest BCUT2D eigenvalue weighted by atomic mass is 10.0. The van der Waals surface area contributed by atoms with Crippen LogP contribution in [0.2, 0.25) is 0 Å². The van der Waals surface area contributed by atoms with E-state index in [0.717, 1.165) is 0 Å².